The lowest BCUT2D eigenvalue weighted by molar-refractivity contribution is 1.09. The Kier molecular flexibility index (Phi) is 4.46. The first-order valence-electron chi connectivity index (χ1n) is 9.62. The highest BCUT2D eigenvalue weighted by Crippen LogP contribution is 2.35. The van der Waals surface area contributed by atoms with E-state index in [0.717, 1.165) is 16.5 Å². The summed E-state index contributed by atoms with van der Waals surface area (Å²) in [6.45, 7) is 0. The molecule has 158 valence electrons. The third kappa shape index (κ3) is 3.34. The maximum absolute atomic E-state index is 8.92. The van der Waals surface area contributed by atoms with Crippen molar-refractivity contribution in [3.05, 3.63) is 66.0 Å². The number of nitriles is 1. The van der Waals surface area contributed by atoms with E-state index in [1.807, 2.05) is 47.1 Å². The topological polar surface area (TPSA) is 133 Å². The van der Waals surface area contributed by atoms with Crippen LogP contribution in [0.1, 0.15) is 5.69 Å². The minimum atomic E-state index is 0.254. The summed E-state index contributed by atoms with van der Waals surface area (Å²) in [7, 11) is 0. The molecule has 12 heteroatoms. The first-order valence-corrected chi connectivity index (χ1v) is 10.8. The fourth-order valence-electron chi connectivity index (χ4n) is 3.40. The van der Waals surface area contributed by atoms with Gasteiger partial charge in [-0.25, -0.2) is 15.0 Å². The number of H-pyrrole nitrogens is 1. The number of benzene rings is 1. The van der Waals surface area contributed by atoms with Crippen LogP contribution < -0.4 is 5.32 Å². The van der Waals surface area contributed by atoms with Crippen molar-refractivity contribution in [1.82, 2.24) is 39.7 Å². The molecule has 1 aromatic carbocycles. The number of pyridine rings is 1. The van der Waals surface area contributed by atoms with Crippen LogP contribution in [0, 0.1) is 11.3 Å². The van der Waals surface area contributed by atoms with Crippen LogP contribution >= 0.6 is 22.9 Å². The van der Waals surface area contributed by atoms with Gasteiger partial charge in [0.15, 0.2) is 10.7 Å². The molecule has 0 unspecified atom stereocenters. The number of fused-ring (bicyclic) bond motifs is 2. The Morgan fingerprint density at radius 3 is 2.88 bits per heavy atom. The molecule has 0 fully saturated rings. The molecule has 0 saturated heterocycles. The third-order valence-electron chi connectivity index (χ3n) is 4.97. The van der Waals surface area contributed by atoms with Crippen molar-refractivity contribution in [3.8, 4) is 28.0 Å². The number of nitrogens with one attached hydrogen (secondary N) is 2. The quantitative estimate of drug-likeness (QED) is 0.386. The van der Waals surface area contributed by atoms with Crippen LogP contribution in [0.5, 0.6) is 0 Å². The fourth-order valence-corrected chi connectivity index (χ4v) is 4.44. The molecule has 5 aromatic heterocycles. The van der Waals surface area contributed by atoms with Crippen molar-refractivity contribution >= 4 is 50.3 Å². The zero-order valence-corrected chi connectivity index (χ0v) is 18.1. The van der Waals surface area contributed by atoms with Gasteiger partial charge >= 0.3 is 0 Å². The van der Waals surface area contributed by atoms with Gasteiger partial charge in [0.25, 0.3) is 0 Å². The summed E-state index contributed by atoms with van der Waals surface area (Å²) in [6, 6.07) is 9.58. The van der Waals surface area contributed by atoms with E-state index >= 15 is 0 Å². The molecule has 0 amide bonds. The van der Waals surface area contributed by atoms with Crippen molar-refractivity contribution in [2.24, 2.45) is 0 Å². The summed E-state index contributed by atoms with van der Waals surface area (Å²) in [5.74, 6) is 0. The average Bonchev–Trinajstić information content (AvgIpc) is 3.60. The highest BCUT2D eigenvalue weighted by molar-refractivity contribution is 7.18. The molecular formula is C21H11ClN10S. The molecule has 10 nitrogen and oxygen atoms in total. The van der Waals surface area contributed by atoms with Crippen molar-refractivity contribution in [2.45, 2.75) is 0 Å². The summed E-state index contributed by atoms with van der Waals surface area (Å²) in [6.07, 6.45) is 8.40. The van der Waals surface area contributed by atoms with Crippen LogP contribution in [0.15, 0.2) is 55.2 Å². The number of aromatic nitrogens is 8. The van der Waals surface area contributed by atoms with Gasteiger partial charge in [0.2, 0.25) is 5.13 Å². The Morgan fingerprint density at radius 2 is 2.03 bits per heavy atom. The van der Waals surface area contributed by atoms with Crippen molar-refractivity contribution in [1.29, 1.82) is 5.26 Å². The second kappa shape index (κ2) is 7.63. The molecular weight excluding hydrogens is 460 g/mol. The van der Waals surface area contributed by atoms with E-state index in [9.17, 15) is 0 Å². The van der Waals surface area contributed by atoms with Crippen molar-refractivity contribution in [2.75, 3.05) is 5.32 Å². The maximum atomic E-state index is 8.92. The van der Waals surface area contributed by atoms with Gasteiger partial charge in [0, 0.05) is 17.8 Å². The average molecular weight is 471 g/mol. The largest absolute Gasteiger partial charge is 0.329 e. The van der Waals surface area contributed by atoms with Gasteiger partial charge in [0.1, 0.15) is 23.1 Å². The molecule has 33 heavy (non-hydrogen) atoms. The van der Waals surface area contributed by atoms with Crippen LogP contribution in [-0.4, -0.2) is 39.7 Å². The molecule has 0 radical (unpaired) electrons. The Bertz CT molecular complexity index is 1680. The number of hydrogen-bond acceptors (Lipinski definition) is 9. The molecule has 0 atom stereocenters. The van der Waals surface area contributed by atoms with Gasteiger partial charge in [-0.1, -0.05) is 22.9 Å². The molecule has 0 bridgehead atoms. The maximum Gasteiger partial charge on any atom is 0.210 e. The van der Waals surface area contributed by atoms with E-state index < -0.39 is 0 Å². The lowest BCUT2D eigenvalue weighted by Gasteiger charge is -2.05. The summed E-state index contributed by atoms with van der Waals surface area (Å²) < 4.78 is 1.89. The Balaban J connectivity index is 1.35. The van der Waals surface area contributed by atoms with Crippen LogP contribution in [0.25, 0.3) is 38.5 Å². The van der Waals surface area contributed by atoms with E-state index in [4.69, 9.17) is 21.8 Å². The Labute approximate surface area is 194 Å². The minimum Gasteiger partial charge on any atom is -0.329 e. The predicted molar refractivity (Wildman–Crippen MR) is 124 cm³/mol. The van der Waals surface area contributed by atoms with Gasteiger partial charge in [-0.15, -0.1) is 10.2 Å². The SMILES string of the molecule is N#Cc1cnc(-c2cn3cccc(-c4nnc(Nc5ccc6[nH]ncc6c5Cl)s4)c3n2)cn1. The van der Waals surface area contributed by atoms with E-state index in [1.54, 1.807) is 6.20 Å². The number of anilines is 2. The van der Waals surface area contributed by atoms with E-state index in [2.05, 4.69) is 35.7 Å². The Morgan fingerprint density at radius 1 is 1.09 bits per heavy atom. The number of aromatic amines is 1. The zero-order chi connectivity index (χ0) is 22.4. The normalized spacial score (nSPS) is 11.2. The summed E-state index contributed by atoms with van der Waals surface area (Å²) >= 11 is 7.90. The number of hydrogen-bond donors (Lipinski definition) is 2. The molecule has 0 saturated carbocycles. The number of halogens is 1. The Hall–Kier alpha value is -4.40. The van der Waals surface area contributed by atoms with Crippen molar-refractivity contribution in [3.63, 3.8) is 0 Å². The standard InChI is InChI=1S/C21H11ClN10S/c22-18-13-8-26-29-14(13)3-4-15(18)28-21-31-30-20(33-21)12-2-1-5-32-10-17(27-19(12)32)16-9-24-11(6-23)7-25-16/h1-5,7-10H,(H,26,29)(H,28,31). The summed E-state index contributed by atoms with van der Waals surface area (Å²) in [5.41, 5.74) is 4.58. The van der Waals surface area contributed by atoms with Gasteiger partial charge in [-0.05, 0) is 24.3 Å². The van der Waals surface area contributed by atoms with Gasteiger partial charge in [-0.3, -0.25) is 5.10 Å². The van der Waals surface area contributed by atoms with Crippen LogP contribution in [0.3, 0.4) is 0 Å². The lowest BCUT2D eigenvalue weighted by Crippen LogP contribution is -1.90. The van der Waals surface area contributed by atoms with E-state index in [0.29, 0.717) is 37.9 Å². The zero-order valence-electron chi connectivity index (χ0n) is 16.6. The second-order valence-electron chi connectivity index (χ2n) is 6.97. The van der Waals surface area contributed by atoms with Crippen molar-refractivity contribution < 1.29 is 0 Å². The first kappa shape index (κ1) is 19.3. The number of rotatable bonds is 4. The molecule has 6 aromatic rings. The van der Waals surface area contributed by atoms with Gasteiger partial charge in [-0.2, -0.15) is 10.4 Å². The highest BCUT2D eigenvalue weighted by atomic mass is 35.5. The molecule has 5 heterocycles. The minimum absolute atomic E-state index is 0.254. The smallest absolute Gasteiger partial charge is 0.210 e. The van der Waals surface area contributed by atoms with Gasteiger partial charge in [0.05, 0.1) is 40.4 Å². The van der Waals surface area contributed by atoms with Crippen LogP contribution in [0.2, 0.25) is 5.02 Å². The lowest BCUT2D eigenvalue weighted by atomic mass is 10.2. The number of imidazole rings is 1. The monoisotopic (exact) mass is 470 g/mol. The molecule has 0 aliphatic heterocycles. The van der Waals surface area contributed by atoms with E-state index in [-0.39, 0.29) is 5.69 Å². The predicted octanol–water partition coefficient (Wildman–Crippen LogP) is 4.45. The van der Waals surface area contributed by atoms with Crippen LogP contribution in [0.4, 0.5) is 10.8 Å². The third-order valence-corrected chi connectivity index (χ3v) is 6.25. The molecule has 0 spiro atoms. The molecule has 0 aliphatic carbocycles. The second-order valence-corrected chi connectivity index (χ2v) is 8.33. The first-order chi connectivity index (χ1) is 16.2. The number of nitrogens with zero attached hydrogens (tertiary/aromatic N) is 8. The molecule has 0 aliphatic rings. The summed E-state index contributed by atoms with van der Waals surface area (Å²) in [5, 5.41) is 30.4. The molecule has 6 rings (SSSR count). The highest BCUT2D eigenvalue weighted by Gasteiger charge is 2.15. The van der Waals surface area contributed by atoms with Crippen LogP contribution in [-0.2, 0) is 0 Å². The summed E-state index contributed by atoms with van der Waals surface area (Å²) in [4.78, 5) is 13.1. The fraction of sp³-hybridized carbons (Fsp3) is 0. The van der Waals surface area contributed by atoms with Gasteiger partial charge < -0.3 is 9.72 Å². The molecule has 2 N–H and O–H groups in total. The van der Waals surface area contributed by atoms with E-state index in [1.165, 1.54) is 23.7 Å².